The Morgan fingerprint density at radius 1 is 0.800 bits per heavy atom. The molecule has 0 bridgehead atoms. The minimum Gasteiger partial charge on any atom is -0.495 e. The summed E-state index contributed by atoms with van der Waals surface area (Å²) in [5.74, 6) is 2.63. The van der Waals surface area contributed by atoms with Crippen molar-refractivity contribution >= 4 is 34.6 Å². The molecular weight excluding hydrogens is 340 g/mol. The lowest BCUT2D eigenvalue weighted by atomic mass is 10.3. The van der Waals surface area contributed by atoms with E-state index in [1.807, 2.05) is 24.3 Å². The Morgan fingerprint density at radius 2 is 1.44 bits per heavy atom. The molecule has 0 aliphatic heterocycles. The van der Waals surface area contributed by atoms with E-state index in [1.165, 1.54) is 6.33 Å². The monoisotopic (exact) mass is 356 g/mol. The van der Waals surface area contributed by atoms with Crippen molar-refractivity contribution in [1.82, 2.24) is 9.97 Å². The molecule has 0 spiro atoms. The summed E-state index contributed by atoms with van der Waals surface area (Å²) in [6.07, 6.45) is 1.47. The lowest BCUT2D eigenvalue weighted by Gasteiger charge is -2.13. The maximum absolute atomic E-state index is 6.06. The molecular formula is C18H17ClN4O2. The zero-order chi connectivity index (χ0) is 17.6. The Hall–Kier alpha value is -2.99. The second kappa shape index (κ2) is 7.72. The van der Waals surface area contributed by atoms with E-state index in [1.54, 1.807) is 38.5 Å². The Balaban J connectivity index is 1.84. The van der Waals surface area contributed by atoms with Crippen molar-refractivity contribution in [1.29, 1.82) is 0 Å². The molecule has 3 aromatic rings. The molecule has 0 atom stereocenters. The predicted molar refractivity (Wildman–Crippen MR) is 99.6 cm³/mol. The molecule has 0 unspecified atom stereocenters. The summed E-state index contributed by atoms with van der Waals surface area (Å²) >= 11 is 6.06. The molecule has 0 saturated heterocycles. The van der Waals surface area contributed by atoms with Crippen LogP contribution in [0, 0.1) is 0 Å². The fraction of sp³-hybridized carbons (Fsp3) is 0.111. The van der Waals surface area contributed by atoms with Crippen LogP contribution in [0.3, 0.4) is 0 Å². The van der Waals surface area contributed by atoms with Crippen LogP contribution >= 0.6 is 11.6 Å². The van der Waals surface area contributed by atoms with E-state index in [4.69, 9.17) is 21.1 Å². The first-order valence-corrected chi connectivity index (χ1v) is 7.90. The summed E-state index contributed by atoms with van der Waals surface area (Å²) in [5.41, 5.74) is 1.53. The number of para-hydroxylation sites is 2. The molecule has 2 N–H and O–H groups in total. The van der Waals surface area contributed by atoms with E-state index in [0.717, 1.165) is 17.1 Å². The number of aromatic nitrogens is 2. The van der Waals surface area contributed by atoms with Gasteiger partial charge in [-0.05, 0) is 30.3 Å². The van der Waals surface area contributed by atoms with Gasteiger partial charge in [0.05, 0.1) is 25.6 Å². The Morgan fingerprint density at radius 3 is 2.16 bits per heavy atom. The fourth-order valence-electron chi connectivity index (χ4n) is 2.30. The number of nitrogens with zero attached hydrogens (tertiary/aromatic N) is 2. The van der Waals surface area contributed by atoms with Gasteiger partial charge in [-0.25, -0.2) is 9.97 Å². The highest BCUT2D eigenvalue weighted by atomic mass is 35.5. The summed E-state index contributed by atoms with van der Waals surface area (Å²) in [6.45, 7) is 0. The number of rotatable bonds is 6. The molecule has 6 nitrogen and oxygen atoms in total. The summed E-state index contributed by atoms with van der Waals surface area (Å²) in [7, 11) is 3.22. The minimum atomic E-state index is 0.602. The number of ether oxygens (including phenoxy) is 2. The highest BCUT2D eigenvalue weighted by molar-refractivity contribution is 6.31. The van der Waals surface area contributed by atoms with Gasteiger partial charge < -0.3 is 20.1 Å². The largest absolute Gasteiger partial charge is 0.495 e. The third kappa shape index (κ3) is 4.10. The molecule has 1 heterocycles. The number of halogens is 1. The standard InChI is InChI=1S/C18H17ClN4O2/c1-24-15-6-4-3-5-13(15)22-17-10-18(21-11-20-17)23-14-9-12(19)7-8-16(14)25-2/h3-11H,1-2H3,(H2,20,21,22,23). The third-order valence-electron chi connectivity index (χ3n) is 3.46. The smallest absolute Gasteiger partial charge is 0.142 e. The maximum Gasteiger partial charge on any atom is 0.142 e. The van der Waals surface area contributed by atoms with Crippen LogP contribution in [0.2, 0.25) is 5.02 Å². The molecule has 0 fully saturated rings. The molecule has 3 rings (SSSR count). The van der Waals surface area contributed by atoms with Gasteiger partial charge in [0, 0.05) is 11.1 Å². The quantitative estimate of drug-likeness (QED) is 0.671. The first kappa shape index (κ1) is 16.9. The van der Waals surface area contributed by atoms with E-state index in [-0.39, 0.29) is 0 Å². The molecule has 0 aliphatic rings. The minimum absolute atomic E-state index is 0.602. The lowest BCUT2D eigenvalue weighted by molar-refractivity contribution is 0.417. The predicted octanol–water partition coefficient (Wildman–Crippen LogP) is 4.63. The second-order valence-electron chi connectivity index (χ2n) is 5.08. The van der Waals surface area contributed by atoms with Crippen molar-refractivity contribution in [2.45, 2.75) is 0 Å². The average molecular weight is 357 g/mol. The van der Waals surface area contributed by atoms with Crippen LogP contribution in [0.4, 0.5) is 23.0 Å². The molecule has 0 amide bonds. The summed E-state index contributed by atoms with van der Waals surface area (Å²) in [5, 5.41) is 7.01. The van der Waals surface area contributed by atoms with Gasteiger partial charge in [0.25, 0.3) is 0 Å². The van der Waals surface area contributed by atoms with Crippen LogP contribution in [-0.4, -0.2) is 24.2 Å². The van der Waals surface area contributed by atoms with Gasteiger partial charge in [-0.1, -0.05) is 23.7 Å². The number of benzene rings is 2. The molecule has 2 aromatic carbocycles. The van der Waals surface area contributed by atoms with Crippen molar-refractivity contribution in [2.75, 3.05) is 24.9 Å². The Bertz CT molecular complexity index is 873. The molecule has 0 aliphatic carbocycles. The second-order valence-corrected chi connectivity index (χ2v) is 5.52. The van der Waals surface area contributed by atoms with Crippen molar-refractivity contribution in [3.63, 3.8) is 0 Å². The van der Waals surface area contributed by atoms with Gasteiger partial charge in [0.15, 0.2) is 0 Å². The molecule has 0 radical (unpaired) electrons. The van der Waals surface area contributed by atoms with E-state index in [9.17, 15) is 0 Å². The maximum atomic E-state index is 6.06. The van der Waals surface area contributed by atoms with Gasteiger partial charge in [-0.15, -0.1) is 0 Å². The van der Waals surface area contributed by atoms with Gasteiger partial charge in [0.1, 0.15) is 29.5 Å². The van der Waals surface area contributed by atoms with Gasteiger partial charge in [0.2, 0.25) is 0 Å². The fourth-order valence-corrected chi connectivity index (χ4v) is 2.47. The van der Waals surface area contributed by atoms with Crippen LogP contribution in [-0.2, 0) is 0 Å². The number of anilines is 4. The highest BCUT2D eigenvalue weighted by Gasteiger charge is 2.07. The van der Waals surface area contributed by atoms with Crippen LogP contribution < -0.4 is 20.1 Å². The van der Waals surface area contributed by atoms with Crippen LogP contribution in [0.1, 0.15) is 0 Å². The summed E-state index contributed by atoms with van der Waals surface area (Å²) in [4.78, 5) is 8.47. The molecule has 1 aromatic heterocycles. The van der Waals surface area contributed by atoms with Gasteiger partial charge >= 0.3 is 0 Å². The van der Waals surface area contributed by atoms with Crippen molar-refractivity contribution in [3.05, 3.63) is 59.9 Å². The first-order chi connectivity index (χ1) is 12.2. The molecule has 0 saturated carbocycles. The lowest BCUT2D eigenvalue weighted by Crippen LogP contribution is -2.00. The number of nitrogens with one attached hydrogen (secondary N) is 2. The third-order valence-corrected chi connectivity index (χ3v) is 3.70. The molecule has 128 valence electrons. The number of hydrogen-bond acceptors (Lipinski definition) is 6. The summed E-state index contributed by atoms with van der Waals surface area (Å²) < 4.78 is 10.7. The molecule has 25 heavy (non-hydrogen) atoms. The Labute approximate surface area is 150 Å². The van der Waals surface area contributed by atoms with Crippen LogP contribution in [0.25, 0.3) is 0 Å². The normalized spacial score (nSPS) is 10.2. The van der Waals surface area contributed by atoms with Gasteiger partial charge in [-0.3, -0.25) is 0 Å². The van der Waals surface area contributed by atoms with Crippen molar-refractivity contribution in [3.8, 4) is 11.5 Å². The van der Waals surface area contributed by atoms with Crippen molar-refractivity contribution in [2.24, 2.45) is 0 Å². The summed E-state index contributed by atoms with van der Waals surface area (Å²) in [6, 6.07) is 14.7. The van der Waals surface area contributed by atoms with Crippen LogP contribution in [0.5, 0.6) is 11.5 Å². The first-order valence-electron chi connectivity index (χ1n) is 7.52. The van der Waals surface area contributed by atoms with E-state index in [0.29, 0.717) is 22.4 Å². The molecule has 7 heteroatoms. The number of hydrogen-bond donors (Lipinski definition) is 2. The zero-order valence-electron chi connectivity index (χ0n) is 13.8. The van der Waals surface area contributed by atoms with E-state index in [2.05, 4.69) is 20.6 Å². The topological polar surface area (TPSA) is 68.3 Å². The van der Waals surface area contributed by atoms with Crippen molar-refractivity contribution < 1.29 is 9.47 Å². The highest BCUT2D eigenvalue weighted by Crippen LogP contribution is 2.31. The SMILES string of the molecule is COc1ccccc1Nc1cc(Nc2cc(Cl)ccc2OC)ncn1. The zero-order valence-corrected chi connectivity index (χ0v) is 14.5. The number of methoxy groups -OCH3 is 2. The van der Waals surface area contributed by atoms with E-state index >= 15 is 0 Å². The van der Waals surface area contributed by atoms with Crippen LogP contribution in [0.15, 0.2) is 54.9 Å². The van der Waals surface area contributed by atoms with E-state index < -0.39 is 0 Å². The van der Waals surface area contributed by atoms with Gasteiger partial charge in [-0.2, -0.15) is 0 Å². The Kier molecular flexibility index (Phi) is 5.20. The average Bonchev–Trinajstić information content (AvgIpc) is 2.63.